The Bertz CT molecular complexity index is 547. The molecule has 19 heavy (non-hydrogen) atoms. The first-order valence-corrected chi connectivity index (χ1v) is 6.57. The number of aryl methyl sites for hydroxylation is 2. The van der Waals surface area contributed by atoms with Crippen molar-refractivity contribution in [1.29, 1.82) is 5.26 Å². The third-order valence-electron chi connectivity index (χ3n) is 3.11. The second-order valence-electron chi connectivity index (χ2n) is 4.71. The van der Waals surface area contributed by atoms with Gasteiger partial charge in [-0.05, 0) is 49.6 Å². The molecule has 2 nitrogen and oxygen atoms in total. The molecule has 2 rings (SSSR count). The first kappa shape index (κ1) is 13.2. The molecule has 96 valence electrons. The van der Waals surface area contributed by atoms with Gasteiger partial charge in [0.25, 0.3) is 0 Å². The van der Waals surface area contributed by atoms with Gasteiger partial charge in [0.2, 0.25) is 0 Å². The van der Waals surface area contributed by atoms with Crippen LogP contribution >= 0.6 is 0 Å². The van der Waals surface area contributed by atoms with Crippen molar-refractivity contribution in [2.75, 3.05) is 11.9 Å². The van der Waals surface area contributed by atoms with Crippen molar-refractivity contribution in [3.8, 4) is 6.07 Å². The zero-order chi connectivity index (χ0) is 13.5. The van der Waals surface area contributed by atoms with Gasteiger partial charge in [0.1, 0.15) is 0 Å². The third kappa shape index (κ3) is 4.15. The van der Waals surface area contributed by atoms with Crippen molar-refractivity contribution in [2.24, 2.45) is 0 Å². The maximum Gasteiger partial charge on any atom is 0.0991 e. The van der Waals surface area contributed by atoms with Crippen molar-refractivity contribution in [3.63, 3.8) is 0 Å². The molecule has 0 aromatic heterocycles. The van der Waals surface area contributed by atoms with Crippen LogP contribution in [0.5, 0.6) is 0 Å². The third-order valence-corrected chi connectivity index (χ3v) is 3.11. The lowest BCUT2D eigenvalue weighted by molar-refractivity contribution is 0.862. The van der Waals surface area contributed by atoms with Crippen molar-refractivity contribution >= 4 is 5.69 Å². The second-order valence-corrected chi connectivity index (χ2v) is 4.71. The number of hydrogen-bond donors (Lipinski definition) is 1. The van der Waals surface area contributed by atoms with Crippen LogP contribution in [0, 0.1) is 18.3 Å². The van der Waals surface area contributed by atoms with Crippen LogP contribution in [0.4, 0.5) is 5.69 Å². The van der Waals surface area contributed by atoms with E-state index in [4.69, 9.17) is 5.26 Å². The fourth-order valence-electron chi connectivity index (χ4n) is 1.94. The minimum atomic E-state index is 0.699. The summed E-state index contributed by atoms with van der Waals surface area (Å²) >= 11 is 0. The smallest absolute Gasteiger partial charge is 0.0991 e. The van der Waals surface area contributed by atoms with Crippen LogP contribution in [0.1, 0.15) is 23.1 Å². The number of hydrogen-bond acceptors (Lipinski definition) is 2. The van der Waals surface area contributed by atoms with E-state index in [1.54, 1.807) is 0 Å². The van der Waals surface area contributed by atoms with Crippen LogP contribution in [0.3, 0.4) is 0 Å². The molecule has 2 aromatic carbocycles. The predicted molar refractivity (Wildman–Crippen MR) is 79.1 cm³/mol. The molecule has 2 heteroatoms. The zero-order valence-electron chi connectivity index (χ0n) is 11.2. The van der Waals surface area contributed by atoms with E-state index in [-0.39, 0.29) is 0 Å². The first-order valence-electron chi connectivity index (χ1n) is 6.57. The second kappa shape index (κ2) is 6.61. The fourth-order valence-corrected chi connectivity index (χ4v) is 1.94. The molecular formula is C17H18N2. The number of nitrogens with zero attached hydrogens (tertiary/aromatic N) is 1. The Morgan fingerprint density at radius 1 is 1.00 bits per heavy atom. The lowest BCUT2D eigenvalue weighted by atomic mass is 10.1. The average Bonchev–Trinajstić information content (AvgIpc) is 2.46. The SMILES string of the molecule is Cc1ccc(CCCNc2ccc(C#N)cc2)cc1. The van der Waals surface area contributed by atoms with Crippen molar-refractivity contribution in [3.05, 3.63) is 65.2 Å². The largest absolute Gasteiger partial charge is 0.385 e. The van der Waals surface area contributed by atoms with Gasteiger partial charge in [-0.1, -0.05) is 29.8 Å². The van der Waals surface area contributed by atoms with Gasteiger partial charge in [-0.2, -0.15) is 5.26 Å². The van der Waals surface area contributed by atoms with E-state index in [1.165, 1.54) is 11.1 Å². The number of nitrogens with one attached hydrogen (secondary N) is 1. The van der Waals surface area contributed by atoms with E-state index >= 15 is 0 Å². The molecule has 0 heterocycles. The highest BCUT2D eigenvalue weighted by atomic mass is 14.9. The van der Waals surface area contributed by atoms with Crippen LogP contribution in [0.2, 0.25) is 0 Å². The molecule has 0 unspecified atom stereocenters. The van der Waals surface area contributed by atoms with Crippen molar-refractivity contribution < 1.29 is 0 Å². The van der Waals surface area contributed by atoms with Crippen molar-refractivity contribution in [1.82, 2.24) is 0 Å². The number of nitriles is 1. The summed E-state index contributed by atoms with van der Waals surface area (Å²) in [5.41, 5.74) is 4.46. The summed E-state index contributed by atoms with van der Waals surface area (Å²) in [5.74, 6) is 0. The van der Waals surface area contributed by atoms with Gasteiger partial charge in [-0.25, -0.2) is 0 Å². The fraction of sp³-hybridized carbons (Fsp3) is 0.235. The Balaban J connectivity index is 1.74. The van der Waals surface area contributed by atoms with E-state index in [2.05, 4.69) is 42.6 Å². The standard InChI is InChI=1S/C17H18N2/c1-14-4-6-15(7-5-14)3-2-12-19-17-10-8-16(13-18)9-11-17/h4-11,19H,2-3,12H2,1H3. The highest BCUT2D eigenvalue weighted by Gasteiger charge is 1.95. The van der Waals surface area contributed by atoms with Crippen molar-refractivity contribution in [2.45, 2.75) is 19.8 Å². The molecule has 0 atom stereocenters. The minimum absolute atomic E-state index is 0.699. The molecule has 0 saturated carbocycles. The quantitative estimate of drug-likeness (QED) is 0.817. The lowest BCUT2D eigenvalue weighted by Crippen LogP contribution is -2.02. The van der Waals surface area contributed by atoms with Gasteiger partial charge in [0.05, 0.1) is 11.6 Å². The summed E-state index contributed by atoms with van der Waals surface area (Å²) < 4.78 is 0. The van der Waals surface area contributed by atoms with Crippen LogP contribution < -0.4 is 5.32 Å². The predicted octanol–water partition coefficient (Wildman–Crippen LogP) is 3.91. The maximum absolute atomic E-state index is 8.72. The van der Waals surface area contributed by atoms with Gasteiger partial charge < -0.3 is 5.32 Å². The lowest BCUT2D eigenvalue weighted by Gasteiger charge is -2.06. The molecule has 0 fully saturated rings. The highest BCUT2D eigenvalue weighted by molar-refractivity contribution is 5.47. The molecule has 2 aromatic rings. The Labute approximate surface area is 114 Å². The molecule has 0 aliphatic heterocycles. The van der Waals surface area contributed by atoms with E-state index < -0.39 is 0 Å². The van der Waals surface area contributed by atoms with E-state index in [1.807, 2.05) is 24.3 Å². The highest BCUT2D eigenvalue weighted by Crippen LogP contribution is 2.10. The normalized spacial score (nSPS) is 9.89. The Morgan fingerprint density at radius 3 is 2.32 bits per heavy atom. The molecule has 0 aliphatic carbocycles. The minimum Gasteiger partial charge on any atom is -0.385 e. The monoisotopic (exact) mass is 250 g/mol. The van der Waals surface area contributed by atoms with Crippen LogP contribution in [-0.4, -0.2) is 6.54 Å². The molecule has 0 aliphatic rings. The van der Waals surface area contributed by atoms with Gasteiger partial charge in [0.15, 0.2) is 0 Å². The van der Waals surface area contributed by atoms with E-state index in [0.717, 1.165) is 25.1 Å². The zero-order valence-corrected chi connectivity index (χ0v) is 11.2. The molecule has 0 amide bonds. The van der Waals surface area contributed by atoms with Gasteiger partial charge in [-0.15, -0.1) is 0 Å². The number of rotatable bonds is 5. The van der Waals surface area contributed by atoms with Crippen LogP contribution in [-0.2, 0) is 6.42 Å². The molecule has 0 spiro atoms. The number of anilines is 1. The molecule has 0 saturated heterocycles. The summed E-state index contributed by atoms with van der Waals surface area (Å²) in [6.07, 6.45) is 2.19. The number of benzene rings is 2. The molecular weight excluding hydrogens is 232 g/mol. The van der Waals surface area contributed by atoms with Crippen LogP contribution in [0.25, 0.3) is 0 Å². The summed E-state index contributed by atoms with van der Waals surface area (Å²) in [6, 6.07) is 18.4. The van der Waals surface area contributed by atoms with Crippen LogP contribution in [0.15, 0.2) is 48.5 Å². The molecule has 1 N–H and O–H groups in total. The van der Waals surface area contributed by atoms with Gasteiger partial charge >= 0.3 is 0 Å². The first-order chi connectivity index (χ1) is 9.28. The van der Waals surface area contributed by atoms with E-state index in [0.29, 0.717) is 5.56 Å². The molecule has 0 bridgehead atoms. The average molecular weight is 250 g/mol. The topological polar surface area (TPSA) is 35.8 Å². The summed E-state index contributed by atoms with van der Waals surface area (Å²) in [5, 5.41) is 12.1. The van der Waals surface area contributed by atoms with E-state index in [9.17, 15) is 0 Å². The molecule has 0 radical (unpaired) electrons. The maximum atomic E-state index is 8.72. The summed E-state index contributed by atoms with van der Waals surface area (Å²) in [6.45, 7) is 3.05. The summed E-state index contributed by atoms with van der Waals surface area (Å²) in [7, 11) is 0. The Hall–Kier alpha value is -2.27. The van der Waals surface area contributed by atoms with Gasteiger partial charge in [-0.3, -0.25) is 0 Å². The summed E-state index contributed by atoms with van der Waals surface area (Å²) in [4.78, 5) is 0. The van der Waals surface area contributed by atoms with Gasteiger partial charge in [0, 0.05) is 12.2 Å². The Morgan fingerprint density at radius 2 is 1.68 bits per heavy atom. The Kier molecular flexibility index (Phi) is 4.58.